The Morgan fingerprint density at radius 2 is 1.58 bits per heavy atom. The molecule has 330 valence electrons. The van der Waals surface area contributed by atoms with Crippen molar-refractivity contribution in [3.05, 3.63) is 36.0 Å². The van der Waals surface area contributed by atoms with E-state index in [0.717, 1.165) is 5.57 Å². The third kappa shape index (κ3) is 13.1. The third-order valence-electron chi connectivity index (χ3n) is 12.9. The number of carbonyl (C=O) groups excluding carboxylic acids is 4. The Bertz CT molecular complexity index is 1490. The summed E-state index contributed by atoms with van der Waals surface area (Å²) in [6.07, 6.45) is 4.93. The average molecular weight is 846 g/mol. The normalized spacial score (nSPS) is 39.6. The summed E-state index contributed by atoms with van der Waals surface area (Å²) < 4.78 is 29.7. The van der Waals surface area contributed by atoms with E-state index in [4.69, 9.17) is 23.7 Å². The Morgan fingerprint density at radius 3 is 2.20 bits per heavy atom. The van der Waals surface area contributed by atoms with Gasteiger partial charge in [0.1, 0.15) is 24.0 Å². The van der Waals surface area contributed by atoms with Crippen molar-refractivity contribution in [3.8, 4) is 0 Å². The quantitative estimate of drug-likeness (QED) is 0.119. The van der Waals surface area contributed by atoms with E-state index in [-0.39, 0.29) is 80.8 Å². The van der Waals surface area contributed by atoms with E-state index >= 15 is 0 Å². The Kier molecular flexibility index (Phi) is 21.7. The number of methoxy groups -OCH3 is 3. The molecule has 0 aromatic rings. The van der Waals surface area contributed by atoms with E-state index in [1.54, 1.807) is 27.0 Å². The van der Waals surface area contributed by atoms with Gasteiger partial charge in [0.15, 0.2) is 0 Å². The number of halogens is 1. The zero-order chi connectivity index (χ0) is 42.2. The van der Waals surface area contributed by atoms with E-state index in [9.17, 15) is 34.5 Å². The minimum atomic E-state index is -2.51. The van der Waals surface area contributed by atoms with Crippen molar-refractivity contribution < 1.29 is 89.4 Å². The van der Waals surface area contributed by atoms with Gasteiger partial charge in [-0.3, -0.25) is 14.4 Å². The van der Waals surface area contributed by atoms with Crippen molar-refractivity contribution in [3.63, 3.8) is 0 Å². The van der Waals surface area contributed by atoms with Crippen molar-refractivity contribution in [1.82, 2.24) is 4.90 Å². The number of aliphatic hydroxyl groups excluding tert-OH is 2. The second kappa shape index (κ2) is 24.1. The van der Waals surface area contributed by atoms with Crippen LogP contribution in [0.4, 0.5) is 0 Å². The van der Waals surface area contributed by atoms with Crippen molar-refractivity contribution in [2.24, 2.45) is 29.6 Å². The number of rotatable bonds is 7. The predicted molar refractivity (Wildman–Crippen MR) is 213 cm³/mol. The van der Waals surface area contributed by atoms with Gasteiger partial charge in [0.05, 0.1) is 30.5 Å². The van der Waals surface area contributed by atoms with Crippen LogP contribution in [0.2, 0.25) is 0 Å². The van der Waals surface area contributed by atoms with Crippen molar-refractivity contribution in [2.45, 2.75) is 160 Å². The van der Waals surface area contributed by atoms with Gasteiger partial charge in [0, 0.05) is 52.0 Å². The number of cyclic esters (lactones) is 1. The fraction of sp³-hybridized carbons (Fsp3) is 0.773. The fourth-order valence-electron chi connectivity index (χ4n) is 9.42. The van der Waals surface area contributed by atoms with E-state index in [2.05, 4.69) is 6.58 Å². The van der Waals surface area contributed by atoms with Gasteiger partial charge < -0.3 is 56.3 Å². The van der Waals surface area contributed by atoms with Gasteiger partial charge in [0.25, 0.3) is 11.7 Å². The molecule has 0 aromatic heterocycles. The maximum atomic E-state index is 14.3. The first-order valence-electron chi connectivity index (χ1n) is 20.9. The second-order valence-electron chi connectivity index (χ2n) is 17.3. The zero-order valence-electron chi connectivity index (χ0n) is 36.8. The van der Waals surface area contributed by atoms with Crippen LogP contribution >= 0.6 is 0 Å². The first-order valence-corrected chi connectivity index (χ1v) is 20.9. The average Bonchev–Trinajstić information content (AvgIpc) is 3.18. The number of fused-ring (bicyclic) bond motifs is 3. The van der Waals surface area contributed by atoms with Gasteiger partial charge in [-0.1, -0.05) is 44.6 Å². The van der Waals surface area contributed by atoms with Crippen molar-refractivity contribution >= 4 is 23.4 Å². The van der Waals surface area contributed by atoms with Crippen LogP contribution in [0.15, 0.2) is 36.0 Å². The number of hydrogen-bond donors (Lipinski definition) is 3. The largest absolute Gasteiger partial charge is 1.00 e. The van der Waals surface area contributed by atoms with Gasteiger partial charge in [-0.2, -0.15) is 0 Å². The molecule has 1 amide bonds. The predicted octanol–water partition coefficient (Wildman–Crippen LogP) is -1.35. The zero-order valence-corrected chi connectivity index (χ0v) is 37.5. The molecule has 2 unspecified atom stereocenters. The van der Waals surface area contributed by atoms with Crippen LogP contribution in [0.3, 0.4) is 0 Å². The van der Waals surface area contributed by atoms with Gasteiger partial charge >= 0.3 is 24.8 Å². The Morgan fingerprint density at radius 1 is 0.932 bits per heavy atom. The molecule has 15 heteroatoms. The number of hydrogen-bond acceptors (Lipinski definition) is 12. The van der Waals surface area contributed by atoms with Gasteiger partial charge in [-0.25, -0.2) is 4.79 Å². The van der Waals surface area contributed by atoms with Crippen LogP contribution < -0.4 is 31.3 Å². The summed E-state index contributed by atoms with van der Waals surface area (Å²) in [7, 11) is 4.61. The summed E-state index contributed by atoms with van der Waals surface area (Å²) in [6.45, 7) is 13.1. The van der Waals surface area contributed by atoms with E-state index in [1.165, 1.54) is 19.1 Å². The molecule has 1 aliphatic carbocycles. The number of carbonyl (C=O) groups is 4. The monoisotopic (exact) mass is 845 g/mol. The molecular weight excluding hydrogens is 777 g/mol. The molecule has 1 saturated carbocycles. The molecule has 3 fully saturated rings. The number of ketones is 2. The first kappa shape index (κ1) is 53.2. The third-order valence-corrected chi connectivity index (χ3v) is 12.9. The number of piperidine rings is 1. The Balaban J connectivity index is 0.00000600. The molecule has 13 nitrogen and oxygen atoms in total. The Hall–Kier alpha value is -1.89. The number of ether oxygens (including phenoxy) is 5. The van der Waals surface area contributed by atoms with Crippen LogP contribution in [-0.4, -0.2) is 126 Å². The molecule has 3 heterocycles. The molecule has 14 atom stereocenters. The molecule has 4 aliphatic rings. The summed E-state index contributed by atoms with van der Waals surface area (Å²) in [5.74, 6) is -7.76. The molecular formula is C44H69ClLiNO12. The van der Waals surface area contributed by atoms with E-state index in [1.807, 2.05) is 32.9 Å². The minimum absolute atomic E-state index is 0. The number of amides is 1. The van der Waals surface area contributed by atoms with Crippen LogP contribution in [0.25, 0.3) is 0 Å². The number of nitrogens with zero attached hydrogens (tertiary/aromatic N) is 1. The minimum Gasteiger partial charge on any atom is -1.00 e. The summed E-state index contributed by atoms with van der Waals surface area (Å²) in [6, 6.07) is -1.14. The molecule has 59 heavy (non-hydrogen) atoms. The van der Waals surface area contributed by atoms with Crippen LogP contribution in [0.5, 0.6) is 0 Å². The van der Waals surface area contributed by atoms with Gasteiger partial charge in [0.2, 0.25) is 5.79 Å². The number of aliphatic hydroxyl groups is 3. The molecule has 0 aromatic carbocycles. The molecule has 4 rings (SSSR count). The van der Waals surface area contributed by atoms with Crippen LogP contribution in [-0.2, 0) is 42.9 Å². The number of esters is 1. The van der Waals surface area contributed by atoms with Crippen LogP contribution in [0, 0.1) is 29.6 Å². The summed E-state index contributed by atoms with van der Waals surface area (Å²) in [5.41, 5.74) is 1.61. The molecule has 0 spiro atoms. The van der Waals surface area contributed by atoms with Gasteiger partial charge in [-0.15, -0.1) is 6.58 Å². The second-order valence-corrected chi connectivity index (χ2v) is 17.3. The molecule has 2 bridgehead atoms. The molecule has 2 saturated heterocycles. The topological polar surface area (TPSA) is 178 Å². The van der Waals surface area contributed by atoms with Crippen molar-refractivity contribution in [1.29, 1.82) is 0 Å². The van der Waals surface area contributed by atoms with Crippen LogP contribution in [0.1, 0.15) is 105 Å². The maximum Gasteiger partial charge on any atom is 1.00 e. The van der Waals surface area contributed by atoms with E-state index < -0.39 is 83.9 Å². The smallest absolute Gasteiger partial charge is 1.00 e. The van der Waals surface area contributed by atoms with Gasteiger partial charge in [-0.05, 0) is 95.5 Å². The number of allylic oxidation sites excluding steroid dienone is 4. The first-order chi connectivity index (χ1) is 27.0. The summed E-state index contributed by atoms with van der Waals surface area (Å²) in [5, 5.41) is 34.1. The standard InChI is InChI=1S/C44H69NO12.ClH.Li/c1-10-13-31-19-25(2)18-26(3)20-37(54-8)40-38(55-9)22-28(5)44(52,57-40)41(49)42(50)45-17-12-11-14-32(45)43(51)56-39(29(6)34(47)24-35(31)48)27(4)21-30-15-16-33(46)36(23-30)53-7;;/h10,19,21,26,28-34,36-40,46-47,52H,1,11-18,20,22-24H2,2-9H3;1H;/q;;+1/p-1/b25-19+,27-21+;;/t26-,28+,29+,30?,31+,32-,33?,34-,36+,37-,38-,39+,40+,44+;;/m0../s1. The summed E-state index contributed by atoms with van der Waals surface area (Å²) in [4.78, 5) is 57.8. The molecule has 3 aliphatic heterocycles. The Labute approximate surface area is 369 Å². The van der Waals surface area contributed by atoms with Crippen molar-refractivity contribution in [2.75, 3.05) is 27.9 Å². The summed E-state index contributed by atoms with van der Waals surface area (Å²) >= 11 is 0. The number of Topliss-reactive ketones (excluding diaryl/α,β-unsaturated/α-hetero) is 2. The van der Waals surface area contributed by atoms with E-state index in [0.29, 0.717) is 56.9 Å². The molecule has 3 N–H and O–H groups in total. The maximum absolute atomic E-state index is 14.3. The fourth-order valence-corrected chi connectivity index (χ4v) is 9.42. The molecule has 0 radical (unpaired) electrons. The SMILES string of the molecule is C=CC[C@@H]1/C=C(\C)C[C@H](C)C[C@H](OC)[C@H]2O[C@@](O)(C(=O)C(=O)N3CCCC[C@H]3C(=O)O[C@H](/C(C)=C/C3CCC(O)[C@H](OC)C3)[C@H](C)[C@@H](O)CC1=O)[C@H](C)C[C@@H]2OC.[Cl-].[Li+].